The van der Waals surface area contributed by atoms with E-state index in [-0.39, 0.29) is 5.91 Å². The van der Waals surface area contributed by atoms with Crippen LogP contribution < -0.4 is 0 Å². The maximum Gasteiger partial charge on any atom is 0.253 e. The van der Waals surface area contributed by atoms with Gasteiger partial charge in [-0.25, -0.2) is 0 Å². The Hall–Kier alpha value is -0.540. The number of amides is 1. The van der Waals surface area contributed by atoms with E-state index in [0.29, 0.717) is 16.5 Å². The van der Waals surface area contributed by atoms with Crippen molar-refractivity contribution in [1.29, 1.82) is 0 Å². The highest BCUT2D eigenvalue weighted by atomic mass is 79.9. The lowest BCUT2D eigenvalue weighted by atomic mass is 9.98. The quantitative estimate of drug-likeness (QED) is 0.764. The molecule has 0 saturated carbocycles. The van der Waals surface area contributed by atoms with Gasteiger partial charge in [0.05, 0.1) is 0 Å². The molecule has 1 aliphatic heterocycles. The van der Waals surface area contributed by atoms with Crippen molar-refractivity contribution in [2.24, 2.45) is 5.92 Å². The first-order valence-electron chi connectivity index (χ1n) is 5.81. The first kappa shape index (κ1) is 12.9. The summed E-state index contributed by atoms with van der Waals surface area (Å²) >= 11 is 9.40. The summed E-state index contributed by atoms with van der Waals surface area (Å²) in [7, 11) is 0. The molecule has 1 aromatic rings. The van der Waals surface area contributed by atoms with E-state index in [1.165, 1.54) is 0 Å². The highest BCUT2D eigenvalue weighted by Gasteiger charge is 2.22. The molecular formula is C13H15BrClNO. The number of rotatable bonds is 2. The maximum atomic E-state index is 12.2. The van der Waals surface area contributed by atoms with Crippen molar-refractivity contribution >= 4 is 33.4 Å². The van der Waals surface area contributed by atoms with Crippen LogP contribution in [0, 0.1) is 5.92 Å². The summed E-state index contributed by atoms with van der Waals surface area (Å²) < 4.78 is 0. The second kappa shape index (κ2) is 5.87. The van der Waals surface area contributed by atoms with E-state index < -0.39 is 0 Å². The Morgan fingerprint density at radius 1 is 1.41 bits per heavy atom. The van der Waals surface area contributed by atoms with Gasteiger partial charge in [0.2, 0.25) is 0 Å². The molecule has 1 aromatic carbocycles. The van der Waals surface area contributed by atoms with Crippen LogP contribution in [-0.4, -0.2) is 29.2 Å². The van der Waals surface area contributed by atoms with E-state index in [2.05, 4.69) is 15.9 Å². The molecule has 2 rings (SSSR count). The predicted molar refractivity (Wildman–Crippen MR) is 73.9 cm³/mol. The lowest BCUT2D eigenvalue weighted by Crippen LogP contribution is -2.38. The minimum absolute atomic E-state index is 0.0977. The molecule has 0 N–H and O–H groups in total. The lowest BCUT2D eigenvalue weighted by Gasteiger charge is -2.31. The molecule has 0 aliphatic carbocycles. The first-order chi connectivity index (χ1) is 8.20. The molecule has 4 heteroatoms. The Balaban J connectivity index is 2.02. The molecule has 17 heavy (non-hydrogen) atoms. The van der Waals surface area contributed by atoms with E-state index in [1.807, 2.05) is 17.0 Å². The van der Waals surface area contributed by atoms with Crippen LogP contribution in [0.5, 0.6) is 0 Å². The molecule has 1 fully saturated rings. The van der Waals surface area contributed by atoms with Crippen LogP contribution in [0.4, 0.5) is 0 Å². The van der Waals surface area contributed by atoms with Gasteiger partial charge in [0.15, 0.2) is 0 Å². The van der Waals surface area contributed by atoms with Crippen LogP contribution in [-0.2, 0) is 0 Å². The third-order valence-electron chi connectivity index (χ3n) is 3.19. The highest BCUT2D eigenvalue weighted by Crippen LogP contribution is 2.21. The van der Waals surface area contributed by atoms with Gasteiger partial charge >= 0.3 is 0 Å². The number of piperidine rings is 1. The lowest BCUT2D eigenvalue weighted by molar-refractivity contribution is 0.0699. The molecule has 0 bridgehead atoms. The Morgan fingerprint density at radius 2 is 2.12 bits per heavy atom. The average Bonchev–Trinajstić information content (AvgIpc) is 2.38. The fourth-order valence-electron chi connectivity index (χ4n) is 2.09. The molecule has 1 saturated heterocycles. The van der Waals surface area contributed by atoms with Crippen LogP contribution in [0.1, 0.15) is 23.2 Å². The molecule has 1 aliphatic rings. The third kappa shape index (κ3) is 3.23. The minimum atomic E-state index is 0.0977. The topological polar surface area (TPSA) is 20.3 Å². The number of halogens is 2. The molecule has 0 radical (unpaired) electrons. The Morgan fingerprint density at radius 3 is 2.71 bits per heavy atom. The Bertz CT molecular complexity index is 402. The number of carbonyl (C=O) groups is 1. The highest BCUT2D eigenvalue weighted by molar-refractivity contribution is 9.09. The summed E-state index contributed by atoms with van der Waals surface area (Å²) in [5.41, 5.74) is 0.690. The number of likely N-dealkylation sites (tertiary alicyclic amines) is 1. The Labute approximate surface area is 115 Å². The van der Waals surface area contributed by atoms with Crippen molar-refractivity contribution in [2.45, 2.75) is 12.8 Å². The zero-order valence-corrected chi connectivity index (χ0v) is 11.9. The molecule has 0 unspecified atom stereocenters. The maximum absolute atomic E-state index is 12.2. The number of hydrogen-bond acceptors (Lipinski definition) is 1. The molecule has 92 valence electrons. The second-order valence-corrected chi connectivity index (χ2v) is 5.48. The molecule has 1 heterocycles. The van der Waals surface area contributed by atoms with Gasteiger partial charge in [0.25, 0.3) is 5.91 Å². The second-order valence-electron chi connectivity index (χ2n) is 4.40. The zero-order chi connectivity index (χ0) is 12.3. The van der Waals surface area contributed by atoms with Crippen LogP contribution in [0.3, 0.4) is 0 Å². The van der Waals surface area contributed by atoms with Crippen molar-refractivity contribution in [3.05, 3.63) is 34.9 Å². The van der Waals surface area contributed by atoms with E-state index >= 15 is 0 Å². The minimum Gasteiger partial charge on any atom is -0.339 e. The van der Waals surface area contributed by atoms with Crippen molar-refractivity contribution < 1.29 is 4.79 Å². The summed E-state index contributed by atoms with van der Waals surface area (Å²) in [6.07, 6.45) is 2.16. The van der Waals surface area contributed by atoms with Crippen molar-refractivity contribution in [3.8, 4) is 0 Å². The average molecular weight is 317 g/mol. The van der Waals surface area contributed by atoms with E-state index in [0.717, 1.165) is 31.3 Å². The van der Waals surface area contributed by atoms with Gasteiger partial charge in [-0.05, 0) is 37.0 Å². The number of alkyl halides is 1. The van der Waals surface area contributed by atoms with Gasteiger partial charge in [-0.2, -0.15) is 0 Å². The zero-order valence-electron chi connectivity index (χ0n) is 9.53. The third-order valence-corrected chi connectivity index (χ3v) is 4.34. The molecule has 1 amide bonds. The monoisotopic (exact) mass is 315 g/mol. The summed E-state index contributed by atoms with van der Waals surface area (Å²) in [4.78, 5) is 14.1. The van der Waals surface area contributed by atoms with Crippen molar-refractivity contribution in [2.75, 3.05) is 18.4 Å². The van der Waals surface area contributed by atoms with Gasteiger partial charge in [-0.15, -0.1) is 0 Å². The number of hydrogen-bond donors (Lipinski definition) is 0. The number of carbonyl (C=O) groups excluding carboxylic acids is 1. The predicted octanol–water partition coefficient (Wildman–Crippen LogP) is 3.59. The smallest absolute Gasteiger partial charge is 0.253 e. The van der Waals surface area contributed by atoms with Crippen LogP contribution in [0.2, 0.25) is 5.02 Å². The summed E-state index contributed by atoms with van der Waals surface area (Å²) in [6.45, 7) is 1.70. The summed E-state index contributed by atoms with van der Waals surface area (Å²) in [6, 6.07) is 7.17. The van der Waals surface area contributed by atoms with Crippen LogP contribution >= 0.6 is 27.5 Å². The van der Waals surface area contributed by atoms with Gasteiger partial charge in [-0.1, -0.05) is 33.6 Å². The van der Waals surface area contributed by atoms with Crippen molar-refractivity contribution in [3.63, 3.8) is 0 Å². The molecule has 0 atom stereocenters. The van der Waals surface area contributed by atoms with E-state index in [9.17, 15) is 4.79 Å². The number of nitrogens with zero attached hydrogens (tertiary/aromatic N) is 1. The van der Waals surface area contributed by atoms with Gasteiger partial charge in [-0.3, -0.25) is 4.79 Å². The molecular weight excluding hydrogens is 302 g/mol. The fraction of sp³-hybridized carbons (Fsp3) is 0.462. The van der Waals surface area contributed by atoms with Gasteiger partial charge < -0.3 is 4.90 Å². The van der Waals surface area contributed by atoms with Crippen LogP contribution in [0.25, 0.3) is 0 Å². The van der Waals surface area contributed by atoms with Gasteiger partial charge in [0.1, 0.15) is 0 Å². The summed E-state index contributed by atoms with van der Waals surface area (Å²) in [5.74, 6) is 0.805. The van der Waals surface area contributed by atoms with Crippen molar-refractivity contribution in [1.82, 2.24) is 4.90 Å². The Kier molecular flexibility index (Phi) is 4.46. The number of benzene rings is 1. The van der Waals surface area contributed by atoms with Gasteiger partial charge in [0, 0.05) is 29.0 Å². The van der Waals surface area contributed by atoms with Crippen LogP contribution in [0.15, 0.2) is 24.3 Å². The van der Waals surface area contributed by atoms with E-state index in [4.69, 9.17) is 11.6 Å². The SMILES string of the molecule is O=C(c1cccc(Cl)c1)N1CCC(CBr)CC1. The first-order valence-corrected chi connectivity index (χ1v) is 7.31. The fourth-order valence-corrected chi connectivity index (χ4v) is 2.93. The molecule has 0 spiro atoms. The summed E-state index contributed by atoms with van der Waals surface area (Å²) in [5, 5.41) is 1.65. The molecule has 0 aromatic heterocycles. The standard InChI is InChI=1S/C13H15BrClNO/c14-9-10-4-6-16(7-5-10)13(17)11-2-1-3-12(15)8-11/h1-3,8,10H,4-7,9H2. The normalized spacial score (nSPS) is 17.2. The van der Waals surface area contributed by atoms with E-state index in [1.54, 1.807) is 12.1 Å². The largest absolute Gasteiger partial charge is 0.339 e. The molecule has 2 nitrogen and oxygen atoms in total.